The second-order valence-electron chi connectivity index (χ2n) is 5.46. The van der Waals surface area contributed by atoms with E-state index in [-0.39, 0.29) is 6.09 Å². The smallest absolute Gasteiger partial charge is 0.407 e. The molecule has 0 aromatic carbocycles. The summed E-state index contributed by atoms with van der Waals surface area (Å²) in [5.41, 5.74) is -0.430. The average Bonchev–Trinajstić information content (AvgIpc) is 2.60. The van der Waals surface area contributed by atoms with Crippen LogP contribution < -0.4 is 5.32 Å². The molecule has 0 saturated carbocycles. The Hall–Kier alpha value is -1.03. The molecule has 0 bridgehead atoms. The number of hydrogen-bond acceptors (Lipinski definition) is 3. The Morgan fingerprint density at radius 3 is 2.88 bits per heavy atom. The van der Waals surface area contributed by atoms with Crippen LogP contribution >= 0.6 is 0 Å². The number of carbonyl (C=O) groups is 1. The van der Waals surface area contributed by atoms with Crippen LogP contribution in [-0.4, -0.2) is 42.3 Å². The van der Waals surface area contributed by atoms with Gasteiger partial charge in [-0.05, 0) is 40.2 Å². The second-order valence-corrected chi connectivity index (χ2v) is 5.46. The maximum absolute atomic E-state index is 11.5. The topological polar surface area (TPSA) is 41.6 Å². The van der Waals surface area contributed by atoms with Gasteiger partial charge in [0.2, 0.25) is 0 Å². The van der Waals surface area contributed by atoms with Crippen molar-refractivity contribution < 1.29 is 9.53 Å². The van der Waals surface area contributed by atoms with Gasteiger partial charge >= 0.3 is 6.09 Å². The van der Waals surface area contributed by atoms with E-state index in [9.17, 15) is 4.79 Å². The maximum atomic E-state index is 11.5. The molecule has 0 aromatic heterocycles. The zero-order chi connectivity index (χ0) is 12.9. The summed E-state index contributed by atoms with van der Waals surface area (Å²) < 4.78 is 5.20. The Labute approximate surface area is 104 Å². The van der Waals surface area contributed by atoms with Crippen molar-refractivity contribution in [2.75, 3.05) is 19.6 Å². The molecule has 98 valence electrons. The lowest BCUT2D eigenvalue weighted by atomic mass is 10.2. The van der Waals surface area contributed by atoms with Crippen molar-refractivity contribution in [2.45, 2.75) is 45.3 Å². The van der Waals surface area contributed by atoms with E-state index in [1.54, 1.807) is 0 Å². The summed E-state index contributed by atoms with van der Waals surface area (Å²) in [6.45, 7) is 12.0. The largest absolute Gasteiger partial charge is 0.444 e. The third-order valence-electron chi connectivity index (χ3n) is 2.74. The average molecular weight is 240 g/mol. The third kappa shape index (κ3) is 5.22. The van der Waals surface area contributed by atoms with E-state index in [0.29, 0.717) is 12.6 Å². The molecule has 0 spiro atoms. The van der Waals surface area contributed by atoms with Crippen molar-refractivity contribution >= 4 is 6.09 Å². The lowest BCUT2D eigenvalue weighted by Gasteiger charge is -2.24. The first-order valence-electron chi connectivity index (χ1n) is 6.24. The number of ether oxygens (including phenoxy) is 1. The maximum Gasteiger partial charge on any atom is 0.407 e. The summed E-state index contributed by atoms with van der Waals surface area (Å²) in [5, 5.41) is 2.83. The van der Waals surface area contributed by atoms with Crippen LogP contribution in [0.15, 0.2) is 12.7 Å². The fourth-order valence-electron chi connectivity index (χ4n) is 2.05. The number of nitrogens with zero attached hydrogens (tertiary/aromatic N) is 1. The number of alkyl carbamates (subject to hydrolysis) is 1. The van der Waals surface area contributed by atoms with Crippen LogP contribution in [0.1, 0.15) is 33.6 Å². The lowest BCUT2D eigenvalue weighted by Crippen LogP contribution is -2.42. The first-order valence-corrected chi connectivity index (χ1v) is 6.24. The molecule has 0 unspecified atom stereocenters. The minimum absolute atomic E-state index is 0.331. The van der Waals surface area contributed by atoms with Gasteiger partial charge in [0.1, 0.15) is 5.60 Å². The highest BCUT2D eigenvalue weighted by Gasteiger charge is 2.24. The normalized spacial score (nSPS) is 21.2. The predicted octanol–water partition coefficient (Wildman–Crippen LogP) is 2.16. The van der Waals surface area contributed by atoms with Gasteiger partial charge in [-0.15, -0.1) is 6.58 Å². The molecule has 1 saturated heterocycles. The van der Waals surface area contributed by atoms with Crippen LogP contribution in [0.2, 0.25) is 0 Å². The van der Waals surface area contributed by atoms with Gasteiger partial charge in [0.15, 0.2) is 0 Å². The number of amides is 1. The van der Waals surface area contributed by atoms with Gasteiger partial charge in [0, 0.05) is 19.1 Å². The predicted molar refractivity (Wildman–Crippen MR) is 69.0 cm³/mol. The highest BCUT2D eigenvalue weighted by Crippen LogP contribution is 2.16. The zero-order valence-electron chi connectivity index (χ0n) is 11.2. The lowest BCUT2D eigenvalue weighted by molar-refractivity contribution is 0.0514. The molecule has 1 heterocycles. The van der Waals surface area contributed by atoms with Crippen LogP contribution in [0.4, 0.5) is 4.79 Å². The van der Waals surface area contributed by atoms with Crippen molar-refractivity contribution in [3.05, 3.63) is 12.7 Å². The molecule has 4 nitrogen and oxygen atoms in total. The Bertz CT molecular complexity index is 271. The number of rotatable bonds is 4. The standard InChI is InChI=1S/C13H24N2O2/c1-5-8-15-9-6-7-11(15)10-14-12(16)17-13(2,3)4/h5,11H,1,6-10H2,2-4H3,(H,14,16)/t11-/m1/s1. The molecule has 1 rings (SSSR count). The highest BCUT2D eigenvalue weighted by atomic mass is 16.6. The number of likely N-dealkylation sites (tertiary alicyclic amines) is 1. The van der Waals surface area contributed by atoms with E-state index < -0.39 is 5.60 Å². The molecule has 1 aliphatic heterocycles. The quantitative estimate of drug-likeness (QED) is 0.766. The Kier molecular flexibility index (Phi) is 5.00. The van der Waals surface area contributed by atoms with Crippen molar-refractivity contribution in [1.82, 2.24) is 10.2 Å². The van der Waals surface area contributed by atoms with Crippen LogP contribution in [0.5, 0.6) is 0 Å². The van der Waals surface area contributed by atoms with Gasteiger partial charge in [-0.2, -0.15) is 0 Å². The molecule has 1 N–H and O–H groups in total. The van der Waals surface area contributed by atoms with Crippen LogP contribution in [-0.2, 0) is 4.74 Å². The molecular formula is C13H24N2O2. The van der Waals surface area contributed by atoms with E-state index >= 15 is 0 Å². The Balaban J connectivity index is 2.30. The summed E-state index contributed by atoms with van der Waals surface area (Å²) in [5.74, 6) is 0. The molecule has 0 radical (unpaired) electrons. The zero-order valence-corrected chi connectivity index (χ0v) is 11.2. The van der Waals surface area contributed by atoms with Crippen molar-refractivity contribution in [3.63, 3.8) is 0 Å². The van der Waals surface area contributed by atoms with E-state index in [1.165, 1.54) is 6.42 Å². The highest BCUT2D eigenvalue weighted by molar-refractivity contribution is 5.67. The fourth-order valence-corrected chi connectivity index (χ4v) is 2.05. The number of carbonyl (C=O) groups excluding carboxylic acids is 1. The van der Waals surface area contributed by atoms with Gasteiger partial charge in [0.05, 0.1) is 0 Å². The SMILES string of the molecule is C=CCN1CCC[C@@H]1CNC(=O)OC(C)(C)C. The molecule has 1 fully saturated rings. The van der Waals surface area contributed by atoms with Crippen LogP contribution in [0, 0.1) is 0 Å². The molecule has 1 aliphatic rings. The second kappa shape index (κ2) is 6.05. The van der Waals surface area contributed by atoms with E-state index in [4.69, 9.17) is 4.74 Å². The molecule has 1 amide bonds. The number of nitrogens with one attached hydrogen (secondary N) is 1. The fraction of sp³-hybridized carbons (Fsp3) is 0.769. The summed E-state index contributed by atoms with van der Waals surface area (Å²) >= 11 is 0. The monoisotopic (exact) mass is 240 g/mol. The molecule has 4 heteroatoms. The van der Waals surface area contributed by atoms with Gasteiger partial charge in [-0.3, -0.25) is 4.90 Å². The van der Waals surface area contributed by atoms with Gasteiger partial charge in [-0.1, -0.05) is 6.08 Å². The van der Waals surface area contributed by atoms with Gasteiger partial charge < -0.3 is 10.1 Å². The van der Waals surface area contributed by atoms with Gasteiger partial charge in [0.25, 0.3) is 0 Å². The van der Waals surface area contributed by atoms with Crippen LogP contribution in [0.3, 0.4) is 0 Å². The molecule has 0 aromatic rings. The summed E-state index contributed by atoms with van der Waals surface area (Å²) in [6.07, 6.45) is 3.90. The summed E-state index contributed by atoms with van der Waals surface area (Å²) in [6, 6.07) is 0.417. The molecular weight excluding hydrogens is 216 g/mol. The molecule has 17 heavy (non-hydrogen) atoms. The van der Waals surface area contributed by atoms with Crippen molar-refractivity contribution in [1.29, 1.82) is 0 Å². The van der Waals surface area contributed by atoms with Crippen molar-refractivity contribution in [3.8, 4) is 0 Å². The Morgan fingerprint density at radius 2 is 2.29 bits per heavy atom. The first-order chi connectivity index (χ1) is 7.92. The summed E-state index contributed by atoms with van der Waals surface area (Å²) in [4.78, 5) is 13.8. The van der Waals surface area contributed by atoms with E-state index in [0.717, 1.165) is 19.5 Å². The molecule has 0 aliphatic carbocycles. The third-order valence-corrected chi connectivity index (χ3v) is 2.74. The summed E-state index contributed by atoms with van der Waals surface area (Å²) in [7, 11) is 0. The first kappa shape index (κ1) is 14.0. The van der Waals surface area contributed by atoms with E-state index in [2.05, 4.69) is 16.8 Å². The van der Waals surface area contributed by atoms with Crippen LogP contribution in [0.25, 0.3) is 0 Å². The minimum Gasteiger partial charge on any atom is -0.444 e. The van der Waals surface area contributed by atoms with Gasteiger partial charge in [-0.25, -0.2) is 4.79 Å². The number of hydrogen-bond donors (Lipinski definition) is 1. The molecule has 1 atom stereocenters. The Morgan fingerprint density at radius 1 is 1.59 bits per heavy atom. The van der Waals surface area contributed by atoms with E-state index in [1.807, 2.05) is 26.8 Å². The van der Waals surface area contributed by atoms with Crippen molar-refractivity contribution in [2.24, 2.45) is 0 Å². The minimum atomic E-state index is -0.430.